The van der Waals surface area contributed by atoms with Crippen LogP contribution in [0.25, 0.3) is 0 Å². The van der Waals surface area contributed by atoms with E-state index < -0.39 is 0 Å². The number of fused-ring (bicyclic) bond motifs is 6. The van der Waals surface area contributed by atoms with Crippen LogP contribution in [0, 0.1) is 29.1 Å². The average molecular weight is 423 g/mol. The van der Waals surface area contributed by atoms with Crippen LogP contribution in [0.4, 0.5) is 0 Å². The Kier molecular flexibility index (Phi) is 4.51. The molecule has 31 heavy (non-hydrogen) atoms. The zero-order valence-corrected chi connectivity index (χ0v) is 18.6. The third kappa shape index (κ3) is 3.14. The van der Waals surface area contributed by atoms with E-state index in [0.29, 0.717) is 23.7 Å². The predicted molar refractivity (Wildman–Crippen MR) is 119 cm³/mol. The number of ether oxygens (including phenoxy) is 1. The summed E-state index contributed by atoms with van der Waals surface area (Å²) in [6.07, 6.45) is 6.92. The van der Waals surface area contributed by atoms with Crippen LogP contribution in [0.1, 0.15) is 57.1 Å². The molecule has 0 amide bonds. The van der Waals surface area contributed by atoms with Crippen LogP contribution in [-0.4, -0.2) is 41.2 Å². The average Bonchev–Trinajstić information content (AvgIpc) is 3.01. The van der Waals surface area contributed by atoms with Gasteiger partial charge < -0.3 is 14.2 Å². The molecule has 7 atom stereocenters. The highest BCUT2D eigenvalue weighted by molar-refractivity contribution is 5.75. The van der Waals surface area contributed by atoms with Gasteiger partial charge in [0.05, 0.1) is 5.92 Å². The van der Waals surface area contributed by atoms with Gasteiger partial charge in [-0.2, -0.15) is 0 Å². The van der Waals surface area contributed by atoms with Gasteiger partial charge in [-0.3, -0.25) is 9.59 Å². The van der Waals surface area contributed by atoms with Crippen molar-refractivity contribution in [2.75, 3.05) is 19.6 Å². The minimum atomic E-state index is -0.0129. The molecule has 0 aromatic carbocycles. The Morgan fingerprint density at radius 2 is 2.06 bits per heavy atom. The fourth-order valence-corrected chi connectivity index (χ4v) is 7.89. The fraction of sp³-hybridized carbons (Fsp3) is 0.692. The van der Waals surface area contributed by atoms with Gasteiger partial charge in [0.1, 0.15) is 6.10 Å². The van der Waals surface area contributed by atoms with Crippen molar-refractivity contribution < 1.29 is 9.53 Å². The molecule has 1 aromatic rings. The second kappa shape index (κ2) is 7.06. The fourth-order valence-electron chi connectivity index (χ4n) is 7.89. The van der Waals surface area contributed by atoms with Crippen LogP contribution < -0.4 is 5.56 Å². The summed E-state index contributed by atoms with van der Waals surface area (Å²) in [5.74, 6) is 1.77. The normalized spacial score (nSPS) is 41.8. The molecule has 6 rings (SSSR count). The standard InChI is InChI=1S/C26H34N2O3/c1-16-5-4-8-26(2)11-23-19(10-21(16)26)20(25(30)31-23)15-27-12-17-9-18(14-27)22-6-3-7-24(29)28(22)13-17/h3,6-7,17-21,23H,1,4-5,8-15H2,2H3/t17-,18+,19-,20?,21+,23-,26-/m1/s1. The number of nitrogens with zero attached hydrogens (tertiary/aromatic N) is 2. The summed E-state index contributed by atoms with van der Waals surface area (Å²) in [5.41, 5.74) is 2.96. The summed E-state index contributed by atoms with van der Waals surface area (Å²) in [7, 11) is 0. The first-order valence-corrected chi connectivity index (χ1v) is 12.2. The van der Waals surface area contributed by atoms with Crippen LogP contribution in [0.2, 0.25) is 0 Å². The molecule has 1 aromatic heterocycles. The van der Waals surface area contributed by atoms with Crippen molar-refractivity contribution in [2.24, 2.45) is 29.1 Å². The van der Waals surface area contributed by atoms with Crippen LogP contribution in [0.3, 0.4) is 0 Å². The van der Waals surface area contributed by atoms with Crippen LogP contribution in [0.15, 0.2) is 35.1 Å². The third-order valence-corrected chi connectivity index (χ3v) is 9.33. The first-order valence-electron chi connectivity index (χ1n) is 12.2. The molecule has 4 heterocycles. The molecule has 0 radical (unpaired) electrons. The molecule has 166 valence electrons. The lowest BCUT2D eigenvalue weighted by Crippen LogP contribution is -2.50. The molecular formula is C26H34N2O3. The van der Waals surface area contributed by atoms with E-state index in [1.807, 2.05) is 10.6 Å². The van der Waals surface area contributed by atoms with Gasteiger partial charge in [0.25, 0.3) is 5.56 Å². The lowest BCUT2D eigenvalue weighted by molar-refractivity contribution is -0.146. The molecule has 3 aliphatic heterocycles. The predicted octanol–water partition coefficient (Wildman–Crippen LogP) is 3.58. The van der Waals surface area contributed by atoms with Gasteiger partial charge in [-0.1, -0.05) is 25.1 Å². The summed E-state index contributed by atoms with van der Waals surface area (Å²) >= 11 is 0. The molecular weight excluding hydrogens is 388 g/mol. The molecule has 2 aliphatic carbocycles. The van der Waals surface area contributed by atoms with E-state index in [9.17, 15) is 9.59 Å². The van der Waals surface area contributed by atoms with Gasteiger partial charge in [-0.05, 0) is 61.8 Å². The van der Waals surface area contributed by atoms with Crippen molar-refractivity contribution in [3.05, 3.63) is 46.4 Å². The van der Waals surface area contributed by atoms with Crippen molar-refractivity contribution >= 4 is 5.97 Å². The monoisotopic (exact) mass is 422 g/mol. The summed E-state index contributed by atoms with van der Waals surface area (Å²) in [6.45, 7) is 10.3. The first kappa shape index (κ1) is 19.8. The second-order valence-corrected chi connectivity index (χ2v) is 11.3. The molecule has 5 heteroatoms. The Labute approximate surface area is 184 Å². The van der Waals surface area contributed by atoms with Crippen LogP contribution >= 0.6 is 0 Å². The minimum Gasteiger partial charge on any atom is -0.462 e. The number of hydrogen-bond acceptors (Lipinski definition) is 4. The Balaban J connectivity index is 1.20. The number of rotatable bonds is 2. The van der Waals surface area contributed by atoms with Crippen LogP contribution in [-0.2, 0) is 16.1 Å². The van der Waals surface area contributed by atoms with Gasteiger partial charge in [0, 0.05) is 49.8 Å². The highest BCUT2D eigenvalue weighted by atomic mass is 16.6. The van der Waals surface area contributed by atoms with Gasteiger partial charge >= 0.3 is 5.97 Å². The Hall–Kier alpha value is -1.88. The van der Waals surface area contributed by atoms with Crippen molar-refractivity contribution in [3.8, 4) is 0 Å². The minimum absolute atomic E-state index is 0.0129. The maximum atomic E-state index is 13.0. The second-order valence-electron chi connectivity index (χ2n) is 11.3. The maximum absolute atomic E-state index is 13.0. The third-order valence-electron chi connectivity index (χ3n) is 9.33. The highest BCUT2D eigenvalue weighted by Gasteiger charge is 2.55. The molecule has 0 spiro atoms. The highest BCUT2D eigenvalue weighted by Crippen LogP contribution is 2.57. The number of carbonyl (C=O) groups excluding carboxylic acids is 1. The molecule has 2 saturated carbocycles. The quantitative estimate of drug-likeness (QED) is 0.540. The molecule has 2 saturated heterocycles. The lowest BCUT2D eigenvalue weighted by Gasteiger charge is -2.50. The molecule has 5 nitrogen and oxygen atoms in total. The van der Waals surface area contributed by atoms with Gasteiger partial charge in [0.15, 0.2) is 0 Å². The Bertz CT molecular complexity index is 983. The number of likely N-dealkylation sites (tertiary alicyclic amines) is 1. The topological polar surface area (TPSA) is 51.5 Å². The number of carbonyl (C=O) groups is 1. The summed E-state index contributed by atoms with van der Waals surface area (Å²) in [6, 6.07) is 5.68. The lowest BCUT2D eigenvalue weighted by atomic mass is 9.55. The molecule has 5 aliphatic rings. The summed E-state index contributed by atoms with van der Waals surface area (Å²) in [4.78, 5) is 27.8. The van der Waals surface area contributed by atoms with Gasteiger partial charge in [-0.25, -0.2) is 0 Å². The van der Waals surface area contributed by atoms with Crippen molar-refractivity contribution in [3.63, 3.8) is 0 Å². The van der Waals surface area contributed by atoms with Gasteiger partial charge in [-0.15, -0.1) is 0 Å². The van der Waals surface area contributed by atoms with E-state index in [-0.39, 0.29) is 29.0 Å². The number of hydrogen-bond donors (Lipinski definition) is 0. The number of piperidine rings is 1. The van der Waals surface area contributed by atoms with Crippen molar-refractivity contribution in [1.29, 1.82) is 0 Å². The zero-order chi connectivity index (χ0) is 21.3. The molecule has 2 bridgehead atoms. The number of aromatic nitrogens is 1. The maximum Gasteiger partial charge on any atom is 0.310 e. The molecule has 1 unspecified atom stereocenters. The number of esters is 1. The number of allylic oxidation sites excluding steroid dienone is 1. The van der Waals surface area contributed by atoms with E-state index in [1.54, 1.807) is 6.07 Å². The summed E-state index contributed by atoms with van der Waals surface area (Å²) < 4.78 is 7.97. The van der Waals surface area contributed by atoms with Crippen LogP contribution in [0.5, 0.6) is 0 Å². The Morgan fingerprint density at radius 1 is 1.19 bits per heavy atom. The molecule has 4 fully saturated rings. The zero-order valence-electron chi connectivity index (χ0n) is 18.6. The van der Waals surface area contributed by atoms with Gasteiger partial charge in [0.2, 0.25) is 0 Å². The van der Waals surface area contributed by atoms with E-state index in [4.69, 9.17) is 4.74 Å². The summed E-state index contributed by atoms with van der Waals surface area (Å²) in [5, 5.41) is 0. The SMILES string of the molecule is C=C1CCC[C@]2(C)C[C@H]3OC(=O)C(CN4C[C@H]5C[C@@H](C4)c4cccc(=O)n4C5)[C@H]3C[C@@H]12. The van der Waals surface area contributed by atoms with E-state index in [2.05, 4.69) is 24.5 Å². The van der Waals surface area contributed by atoms with E-state index in [1.165, 1.54) is 24.1 Å². The largest absolute Gasteiger partial charge is 0.462 e. The van der Waals surface area contributed by atoms with E-state index in [0.717, 1.165) is 51.9 Å². The van der Waals surface area contributed by atoms with E-state index >= 15 is 0 Å². The molecule has 0 N–H and O–H groups in total. The number of pyridine rings is 1. The Morgan fingerprint density at radius 3 is 2.94 bits per heavy atom. The van der Waals surface area contributed by atoms with Crippen molar-refractivity contribution in [2.45, 2.75) is 64.0 Å². The first-order chi connectivity index (χ1) is 14.9. The smallest absolute Gasteiger partial charge is 0.310 e. The van der Waals surface area contributed by atoms with Crippen molar-refractivity contribution in [1.82, 2.24) is 9.47 Å².